The number of aliphatic imine (C=N–C) groups is 1. The molecule has 0 aliphatic carbocycles. The average Bonchev–Trinajstić information content (AvgIpc) is 2.95. The topological polar surface area (TPSA) is 66.8 Å². The molecule has 1 N–H and O–H groups in total. The van der Waals surface area contributed by atoms with E-state index < -0.39 is 5.60 Å². The highest BCUT2D eigenvalue weighted by molar-refractivity contribution is 7.11. The van der Waals surface area contributed by atoms with E-state index in [2.05, 4.69) is 29.1 Å². The maximum atomic E-state index is 12.2. The van der Waals surface area contributed by atoms with Gasteiger partial charge in [0.05, 0.1) is 19.1 Å². The van der Waals surface area contributed by atoms with E-state index in [1.807, 2.05) is 27.0 Å². The Balaban J connectivity index is 1.93. The van der Waals surface area contributed by atoms with E-state index in [0.717, 1.165) is 17.3 Å². The molecule has 0 fully saturated rings. The molecule has 2 rings (SSSR count). The van der Waals surface area contributed by atoms with E-state index in [1.165, 1.54) is 4.88 Å². The maximum absolute atomic E-state index is 12.2. The lowest BCUT2D eigenvalue weighted by atomic mass is 10.2. The van der Waals surface area contributed by atoms with Crippen LogP contribution in [0.1, 0.15) is 50.5 Å². The van der Waals surface area contributed by atoms with Gasteiger partial charge in [0.25, 0.3) is 0 Å². The van der Waals surface area contributed by atoms with Crippen LogP contribution in [0.15, 0.2) is 11.2 Å². The summed E-state index contributed by atoms with van der Waals surface area (Å²) in [6.07, 6.45) is 2.63. The molecule has 23 heavy (non-hydrogen) atoms. The molecule has 1 atom stereocenters. The predicted octanol–water partition coefficient (Wildman–Crippen LogP) is 3.01. The van der Waals surface area contributed by atoms with Gasteiger partial charge in [0, 0.05) is 17.6 Å². The quantitative estimate of drug-likeness (QED) is 0.920. The van der Waals surface area contributed by atoms with Crippen molar-refractivity contribution in [3.8, 4) is 0 Å². The predicted molar refractivity (Wildman–Crippen MR) is 93.2 cm³/mol. The Labute approximate surface area is 142 Å². The third-order valence-corrected chi connectivity index (χ3v) is 4.66. The lowest BCUT2D eigenvalue weighted by Crippen LogP contribution is -2.47. The van der Waals surface area contributed by atoms with Crippen molar-refractivity contribution in [1.29, 1.82) is 0 Å². The summed E-state index contributed by atoms with van der Waals surface area (Å²) < 4.78 is 5.43. The molecule has 0 saturated carbocycles. The second-order valence-electron chi connectivity index (χ2n) is 6.61. The Morgan fingerprint density at radius 1 is 1.52 bits per heavy atom. The summed E-state index contributed by atoms with van der Waals surface area (Å²) in [6, 6.07) is 0.0811. The van der Waals surface area contributed by atoms with Gasteiger partial charge < -0.3 is 10.1 Å². The van der Waals surface area contributed by atoms with Crippen LogP contribution in [-0.2, 0) is 11.2 Å². The van der Waals surface area contributed by atoms with Crippen molar-refractivity contribution < 1.29 is 9.53 Å². The van der Waals surface area contributed by atoms with Crippen molar-refractivity contribution in [2.45, 2.75) is 52.7 Å². The summed E-state index contributed by atoms with van der Waals surface area (Å²) in [7, 11) is 0. The zero-order valence-electron chi connectivity index (χ0n) is 14.5. The van der Waals surface area contributed by atoms with Gasteiger partial charge in [-0.3, -0.25) is 9.89 Å². The lowest BCUT2D eigenvalue weighted by molar-refractivity contribution is 0.0276. The van der Waals surface area contributed by atoms with Gasteiger partial charge in [-0.25, -0.2) is 9.78 Å². The van der Waals surface area contributed by atoms with Crippen LogP contribution in [0, 0.1) is 0 Å². The average molecular weight is 338 g/mol. The zero-order chi connectivity index (χ0) is 17.0. The Kier molecular flexibility index (Phi) is 5.62. The van der Waals surface area contributed by atoms with Crippen molar-refractivity contribution in [2.75, 3.05) is 19.6 Å². The molecule has 7 heteroatoms. The number of amides is 1. The molecule has 1 aliphatic rings. The van der Waals surface area contributed by atoms with Gasteiger partial charge in [0.2, 0.25) is 0 Å². The number of aryl methyl sites for hydroxylation is 1. The van der Waals surface area contributed by atoms with Crippen molar-refractivity contribution in [2.24, 2.45) is 4.99 Å². The van der Waals surface area contributed by atoms with Gasteiger partial charge >= 0.3 is 6.09 Å². The van der Waals surface area contributed by atoms with E-state index in [1.54, 1.807) is 16.2 Å². The molecule has 2 heterocycles. The molecule has 0 bridgehead atoms. The molecule has 1 unspecified atom stereocenters. The molecule has 1 amide bonds. The van der Waals surface area contributed by atoms with Crippen LogP contribution < -0.4 is 5.32 Å². The van der Waals surface area contributed by atoms with Gasteiger partial charge in [0.1, 0.15) is 16.4 Å². The molecule has 6 nitrogen and oxygen atoms in total. The molecule has 1 aliphatic heterocycles. The molecule has 0 spiro atoms. The summed E-state index contributed by atoms with van der Waals surface area (Å²) in [5.74, 6) is 0.808. The first-order valence-electron chi connectivity index (χ1n) is 8.01. The fraction of sp³-hybridized carbons (Fsp3) is 0.688. The maximum Gasteiger partial charge on any atom is 0.410 e. The van der Waals surface area contributed by atoms with Crippen molar-refractivity contribution >= 4 is 23.3 Å². The molecule has 1 aromatic heterocycles. The van der Waals surface area contributed by atoms with Crippen molar-refractivity contribution in [3.05, 3.63) is 16.1 Å². The van der Waals surface area contributed by atoms with E-state index in [9.17, 15) is 4.79 Å². The van der Waals surface area contributed by atoms with Crippen LogP contribution in [0.5, 0.6) is 0 Å². The molecule has 0 aromatic carbocycles. The standard InChI is InChI=1S/C16H26N4O2S/c1-6-12-9-18-14(23-12)11(2)19-13-10-20(8-7-17-13)15(21)22-16(3,4)5/h9,11H,6-8,10H2,1-5H3,(H,17,19). The van der Waals surface area contributed by atoms with Crippen LogP contribution in [0.4, 0.5) is 4.79 Å². The number of carbonyl (C=O) groups excluding carboxylic acids is 1. The number of hydrogen-bond acceptors (Lipinski definition) is 6. The molecule has 0 radical (unpaired) electrons. The summed E-state index contributed by atoms with van der Waals surface area (Å²) >= 11 is 1.71. The third kappa shape index (κ3) is 5.20. The zero-order valence-corrected chi connectivity index (χ0v) is 15.4. The molecular weight excluding hydrogens is 312 g/mol. The Bertz CT molecular complexity index is 577. The number of ether oxygens (including phenoxy) is 1. The fourth-order valence-corrected chi connectivity index (χ4v) is 3.05. The van der Waals surface area contributed by atoms with Crippen molar-refractivity contribution in [1.82, 2.24) is 15.2 Å². The van der Waals surface area contributed by atoms with Gasteiger partial charge in [0.15, 0.2) is 0 Å². The van der Waals surface area contributed by atoms with Gasteiger partial charge in [-0.15, -0.1) is 11.3 Å². The largest absolute Gasteiger partial charge is 0.444 e. The normalized spacial score (nSPS) is 16.7. The highest BCUT2D eigenvalue weighted by Crippen LogP contribution is 2.20. The number of nitrogens with zero attached hydrogens (tertiary/aromatic N) is 3. The molecule has 0 saturated heterocycles. The number of rotatable bonds is 3. The van der Waals surface area contributed by atoms with Crippen molar-refractivity contribution in [3.63, 3.8) is 0 Å². The minimum absolute atomic E-state index is 0.0811. The summed E-state index contributed by atoms with van der Waals surface area (Å²) in [4.78, 5) is 24.1. The Morgan fingerprint density at radius 2 is 2.26 bits per heavy atom. The minimum atomic E-state index is -0.482. The summed E-state index contributed by atoms with van der Waals surface area (Å²) in [5.41, 5.74) is -0.482. The van der Waals surface area contributed by atoms with Crippen LogP contribution in [0.3, 0.4) is 0 Å². The molecule has 1 aromatic rings. The summed E-state index contributed by atoms with van der Waals surface area (Å²) in [5, 5.41) is 4.41. The SMILES string of the molecule is CCc1cnc(C(C)NC2=NCCN(C(=O)OC(C)(C)C)C2)s1. The van der Waals surface area contributed by atoms with E-state index >= 15 is 0 Å². The first-order valence-corrected chi connectivity index (χ1v) is 8.82. The highest BCUT2D eigenvalue weighted by atomic mass is 32.1. The van der Waals surface area contributed by atoms with E-state index in [4.69, 9.17) is 4.74 Å². The van der Waals surface area contributed by atoms with Crippen LogP contribution in [-0.4, -0.2) is 47.0 Å². The fourth-order valence-electron chi connectivity index (χ4n) is 2.19. The summed E-state index contributed by atoms with van der Waals surface area (Å²) in [6.45, 7) is 11.4. The van der Waals surface area contributed by atoms with E-state index in [-0.39, 0.29) is 12.1 Å². The van der Waals surface area contributed by atoms with E-state index in [0.29, 0.717) is 19.6 Å². The third-order valence-electron chi connectivity index (χ3n) is 3.34. The number of amidine groups is 1. The lowest BCUT2D eigenvalue weighted by Gasteiger charge is -2.30. The number of hydrogen-bond donors (Lipinski definition) is 1. The Morgan fingerprint density at radius 3 is 2.87 bits per heavy atom. The molecular formula is C16H26N4O2S. The van der Waals surface area contributed by atoms with Gasteiger partial charge in [-0.05, 0) is 34.1 Å². The first kappa shape index (κ1) is 17.7. The van der Waals surface area contributed by atoms with Crippen LogP contribution in [0.2, 0.25) is 0 Å². The number of nitrogens with one attached hydrogen (secondary N) is 1. The highest BCUT2D eigenvalue weighted by Gasteiger charge is 2.25. The Hall–Kier alpha value is -1.63. The smallest absolute Gasteiger partial charge is 0.410 e. The number of aromatic nitrogens is 1. The minimum Gasteiger partial charge on any atom is -0.444 e. The molecule has 128 valence electrons. The number of thiazole rings is 1. The van der Waals surface area contributed by atoms with Crippen LogP contribution in [0.25, 0.3) is 0 Å². The number of carbonyl (C=O) groups is 1. The van der Waals surface area contributed by atoms with Gasteiger partial charge in [-0.2, -0.15) is 0 Å². The monoisotopic (exact) mass is 338 g/mol. The second kappa shape index (κ2) is 7.29. The first-order chi connectivity index (χ1) is 10.8. The van der Waals surface area contributed by atoms with Crippen LogP contribution >= 0.6 is 11.3 Å². The van der Waals surface area contributed by atoms with Gasteiger partial charge in [-0.1, -0.05) is 6.92 Å². The second-order valence-corrected chi connectivity index (χ2v) is 7.76.